The van der Waals surface area contributed by atoms with E-state index in [1.165, 1.54) is 12.1 Å². The summed E-state index contributed by atoms with van der Waals surface area (Å²) in [7, 11) is 0. The lowest BCUT2D eigenvalue weighted by atomic mass is 10.1. The Morgan fingerprint density at radius 3 is 2.69 bits per heavy atom. The summed E-state index contributed by atoms with van der Waals surface area (Å²) in [4.78, 5) is 28.5. The number of allylic oxidation sites excluding steroid dienone is 1. The number of hydrogen-bond acceptors (Lipinski definition) is 3. The minimum absolute atomic E-state index is 0.0709. The standard InChI is InChI=1S/C19H12Cl2N2O3/c20-14-3-1-10(8-15(14)21)7-11-5-6-23-17(11)22-16-4-2-12(19(25)26)9-13(16)18(23)24/h1-4,7-9H,5-6H2,(H,25,26)/b11-7+. The molecule has 0 unspecified atom stereocenters. The Bertz CT molecular complexity index is 1170. The summed E-state index contributed by atoms with van der Waals surface area (Å²) in [5.74, 6) is -0.478. The summed E-state index contributed by atoms with van der Waals surface area (Å²) in [5, 5.41) is 10.4. The Balaban J connectivity index is 1.86. The van der Waals surface area contributed by atoms with Crippen LogP contribution in [-0.4, -0.2) is 20.6 Å². The summed E-state index contributed by atoms with van der Waals surface area (Å²) in [6.07, 6.45) is 2.59. The first kappa shape index (κ1) is 16.8. The van der Waals surface area contributed by atoms with Gasteiger partial charge in [-0.15, -0.1) is 0 Å². The number of benzene rings is 2. The molecule has 2 aromatic carbocycles. The van der Waals surface area contributed by atoms with Gasteiger partial charge in [-0.05, 0) is 54.0 Å². The average molecular weight is 387 g/mol. The van der Waals surface area contributed by atoms with Crippen molar-refractivity contribution in [2.24, 2.45) is 0 Å². The molecule has 1 aromatic heterocycles. The number of carboxylic acids is 1. The molecule has 7 heteroatoms. The molecule has 1 aliphatic heterocycles. The second kappa shape index (κ2) is 6.27. The smallest absolute Gasteiger partial charge is 0.335 e. The predicted octanol–water partition coefficient (Wildman–Crippen LogP) is 4.35. The molecule has 5 nitrogen and oxygen atoms in total. The van der Waals surface area contributed by atoms with E-state index in [4.69, 9.17) is 28.3 Å². The van der Waals surface area contributed by atoms with E-state index in [0.29, 0.717) is 39.7 Å². The zero-order chi connectivity index (χ0) is 18.4. The maximum absolute atomic E-state index is 12.8. The van der Waals surface area contributed by atoms with Crippen molar-refractivity contribution in [2.45, 2.75) is 13.0 Å². The maximum Gasteiger partial charge on any atom is 0.335 e. The molecule has 4 rings (SSSR count). The van der Waals surface area contributed by atoms with Crippen molar-refractivity contribution in [3.63, 3.8) is 0 Å². The van der Waals surface area contributed by atoms with Crippen LogP contribution in [0.5, 0.6) is 0 Å². The molecule has 0 saturated carbocycles. The molecule has 0 fully saturated rings. The van der Waals surface area contributed by atoms with Gasteiger partial charge in [0.1, 0.15) is 5.82 Å². The highest BCUT2D eigenvalue weighted by molar-refractivity contribution is 6.42. The molecule has 1 N–H and O–H groups in total. The molecular formula is C19H12Cl2N2O3. The number of halogens is 2. The van der Waals surface area contributed by atoms with Crippen LogP contribution in [0.4, 0.5) is 0 Å². The number of carbonyl (C=O) groups is 1. The molecule has 0 saturated heterocycles. The highest BCUT2D eigenvalue weighted by atomic mass is 35.5. The Hall–Kier alpha value is -2.63. The van der Waals surface area contributed by atoms with Gasteiger partial charge in [0.15, 0.2) is 0 Å². The summed E-state index contributed by atoms with van der Waals surface area (Å²) < 4.78 is 1.58. The van der Waals surface area contributed by atoms with Crippen LogP contribution >= 0.6 is 23.2 Å². The lowest BCUT2D eigenvalue weighted by Gasteiger charge is -2.06. The Kier molecular flexibility index (Phi) is 4.05. The van der Waals surface area contributed by atoms with Gasteiger partial charge in [0, 0.05) is 6.54 Å². The van der Waals surface area contributed by atoms with E-state index in [-0.39, 0.29) is 11.1 Å². The lowest BCUT2D eigenvalue weighted by Crippen LogP contribution is -2.21. The van der Waals surface area contributed by atoms with Gasteiger partial charge < -0.3 is 5.11 Å². The quantitative estimate of drug-likeness (QED) is 0.710. The van der Waals surface area contributed by atoms with Crippen LogP contribution in [0, 0.1) is 0 Å². The molecule has 3 aromatic rings. The molecule has 0 radical (unpaired) electrons. The van der Waals surface area contributed by atoms with Crippen molar-refractivity contribution >= 4 is 51.7 Å². The number of nitrogens with zero attached hydrogens (tertiary/aromatic N) is 2. The maximum atomic E-state index is 12.8. The van der Waals surface area contributed by atoms with Gasteiger partial charge in [-0.2, -0.15) is 0 Å². The third kappa shape index (κ3) is 2.79. The van der Waals surface area contributed by atoms with Crippen molar-refractivity contribution in [1.29, 1.82) is 0 Å². The Morgan fingerprint density at radius 1 is 1.15 bits per heavy atom. The molecule has 26 heavy (non-hydrogen) atoms. The van der Waals surface area contributed by atoms with E-state index in [1.54, 1.807) is 22.8 Å². The van der Waals surface area contributed by atoms with Gasteiger partial charge in [0.05, 0.1) is 26.5 Å². The normalized spacial score (nSPS) is 14.8. The van der Waals surface area contributed by atoms with Gasteiger partial charge in [0.2, 0.25) is 0 Å². The van der Waals surface area contributed by atoms with E-state index < -0.39 is 5.97 Å². The number of hydrogen-bond donors (Lipinski definition) is 1. The van der Waals surface area contributed by atoms with Crippen LogP contribution in [0.15, 0.2) is 41.2 Å². The number of carboxylic acid groups (broad SMARTS) is 1. The SMILES string of the molecule is O=C(O)c1ccc2nc3n(c(=O)c2c1)CC/C3=C\c1ccc(Cl)c(Cl)c1. The van der Waals surface area contributed by atoms with Crippen LogP contribution in [-0.2, 0) is 6.54 Å². The number of aromatic carboxylic acids is 1. The fourth-order valence-corrected chi connectivity index (χ4v) is 3.40. The second-order valence-electron chi connectivity index (χ2n) is 6.02. The van der Waals surface area contributed by atoms with E-state index >= 15 is 0 Å². The van der Waals surface area contributed by atoms with E-state index in [9.17, 15) is 9.59 Å². The summed E-state index contributed by atoms with van der Waals surface area (Å²) >= 11 is 12.0. The largest absolute Gasteiger partial charge is 0.478 e. The van der Waals surface area contributed by atoms with Gasteiger partial charge in [0.25, 0.3) is 5.56 Å². The monoisotopic (exact) mass is 386 g/mol. The second-order valence-corrected chi connectivity index (χ2v) is 6.84. The van der Waals surface area contributed by atoms with Gasteiger partial charge in [-0.1, -0.05) is 29.3 Å². The van der Waals surface area contributed by atoms with Gasteiger partial charge >= 0.3 is 5.97 Å². The lowest BCUT2D eigenvalue weighted by molar-refractivity contribution is 0.0697. The fourth-order valence-electron chi connectivity index (χ4n) is 3.09. The summed E-state index contributed by atoms with van der Waals surface area (Å²) in [5.41, 5.74) is 2.11. The molecule has 0 bridgehead atoms. The van der Waals surface area contributed by atoms with Crippen LogP contribution in [0.1, 0.15) is 28.2 Å². The molecule has 1 aliphatic rings. The number of fused-ring (bicyclic) bond motifs is 2. The third-order valence-electron chi connectivity index (χ3n) is 4.38. The van der Waals surface area contributed by atoms with Gasteiger partial charge in [-0.3, -0.25) is 9.36 Å². The summed E-state index contributed by atoms with van der Waals surface area (Å²) in [6.45, 7) is 0.502. The molecule has 0 aliphatic carbocycles. The topological polar surface area (TPSA) is 72.2 Å². The Labute approximate surface area is 158 Å². The number of rotatable bonds is 2. The van der Waals surface area contributed by atoms with Crippen molar-refractivity contribution in [1.82, 2.24) is 9.55 Å². The van der Waals surface area contributed by atoms with E-state index in [2.05, 4.69) is 4.98 Å². The molecule has 130 valence electrons. The highest BCUT2D eigenvalue weighted by Gasteiger charge is 2.21. The first-order valence-electron chi connectivity index (χ1n) is 7.88. The number of aromatic nitrogens is 2. The van der Waals surface area contributed by atoms with E-state index in [0.717, 1.165) is 11.1 Å². The van der Waals surface area contributed by atoms with Crippen LogP contribution in [0.25, 0.3) is 22.6 Å². The third-order valence-corrected chi connectivity index (χ3v) is 5.12. The van der Waals surface area contributed by atoms with Crippen LogP contribution in [0.2, 0.25) is 10.0 Å². The van der Waals surface area contributed by atoms with Gasteiger partial charge in [-0.25, -0.2) is 9.78 Å². The van der Waals surface area contributed by atoms with E-state index in [1.807, 2.05) is 12.1 Å². The Morgan fingerprint density at radius 2 is 1.96 bits per heavy atom. The van der Waals surface area contributed by atoms with Crippen molar-refractivity contribution in [2.75, 3.05) is 0 Å². The van der Waals surface area contributed by atoms with Crippen LogP contribution in [0.3, 0.4) is 0 Å². The molecular weight excluding hydrogens is 375 g/mol. The predicted molar refractivity (Wildman–Crippen MR) is 102 cm³/mol. The average Bonchev–Trinajstić information content (AvgIpc) is 3.01. The summed E-state index contributed by atoms with van der Waals surface area (Å²) in [6, 6.07) is 9.72. The highest BCUT2D eigenvalue weighted by Crippen LogP contribution is 2.30. The first-order chi connectivity index (χ1) is 12.4. The van der Waals surface area contributed by atoms with Crippen molar-refractivity contribution < 1.29 is 9.90 Å². The van der Waals surface area contributed by atoms with Crippen molar-refractivity contribution in [3.8, 4) is 0 Å². The zero-order valence-electron chi connectivity index (χ0n) is 13.4. The van der Waals surface area contributed by atoms with Crippen molar-refractivity contribution in [3.05, 3.63) is 73.7 Å². The minimum atomic E-state index is -1.07. The first-order valence-corrected chi connectivity index (χ1v) is 8.63. The molecule has 2 heterocycles. The minimum Gasteiger partial charge on any atom is -0.478 e. The fraction of sp³-hybridized carbons (Fsp3) is 0.105. The molecule has 0 amide bonds. The van der Waals surface area contributed by atoms with Crippen LogP contribution < -0.4 is 5.56 Å². The zero-order valence-corrected chi connectivity index (χ0v) is 14.9. The molecule has 0 atom stereocenters. The molecule has 0 spiro atoms.